The highest BCUT2D eigenvalue weighted by Crippen LogP contribution is 2.39. The Bertz CT molecular complexity index is 779. The molecule has 1 N–H and O–H groups in total. The number of hydrogen-bond acceptors (Lipinski definition) is 5. The number of nitrogens with zero attached hydrogens (tertiary/aromatic N) is 3. The van der Waals surface area contributed by atoms with Crippen LogP contribution in [0.5, 0.6) is 0 Å². The maximum Gasteiger partial charge on any atom is 0.247 e. The largest absolute Gasteiger partial charge is 0.421 e. The maximum atomic E-state index is 5.94. The maximum absolute atomic E-state index is 5.94. The van der Waals surface area contributed by atoms with Gasteiger partial charge >= 0.3 is 0 Å². The number of allylic oxidation sites excluding steroid dienone is 1. The van der Waals surface area contributed by atoms with Gasteiger partial charge in [0.05, 0.1) is 0 Å². The van der Waals surface area contributed by atoms with Gasteiger partial charge in [-0.1, -0.05) is 25.5 Å². The number of hydrogen-bond donors (Lipinski definition) is 1. The zero-order valence-corrected chi connectivity index (χ0v) is 16.6. The highest BCUT2D eigenvalue weighted by molar-refractivity contribution is 5.50. The second-order valence-corrected chi connectivity index (χ2v) is 8.54. The van der Waals surface area contributed by atoms with Crippen molar-refractivity contribution in [2.45, 2.75) is 52.5 Å². The molecule has 0 spiro atoms. The Labute approximate surface area is 161 Å². The molecule has 2 aliphatic rings. The summed E-state index contributed by atoms with van der Waals surface area (Å²) in [4.78, 5) is 4.04. The molecule has 0 saturated heterocycles. The molecule has 0 amide bonds. The average molecular weight is 367 g/mol. The fourth-order valence-corrected chi connectivity index (χ4v) is 4.26. The Hall–Kier alpha value is -2.01. The summed E-state index contributed by atoms with van der Waals surface area (Å²) in [6.45, 7) is 8.10. The predicted molar refractivity (Wildman–Crippen MR) is 106 cm³/mol. The van der Waals surface area contributed by atoms with Gasteiger partial charge in [0.1, 0.15) is 0 Å². The first-order chi connectivity index (χ1) is 13.1. The van der Waals surface area contributed by atoms with Crippen LogP contribution >= 0.6 is 0 Å². The van der Waals surface area contributed by atoms with Gasteiger partial charge in [-0.3, -0.25) is 4.98 Å². The normalized spacial score (nSPS) is 25.6. The molecule has 144 valence electrons. The molecule has 5 nitrogen and oxygen atoms in total. The number of rotatable bonds is 7. The summed E-state index contributed by atoms with van der Waals surface area (Å²) >= 11 is 0. The molecule has 2 aromatic rings. The van der Waals surface area contributed by atoms with E-state index in [2.05, 4.69) is 47.3 Å². The zero-order chi connectivity index (χ0) is 18.8. The lowest BCUT2D eigenvalue weighted by atomic mass is 9.70. The van der Waals surface area contributed by atoms with Gasteiger partial charge in [-0.2, -0.15) is 0 Å². The van der Waals surface area contributed by atoms with Gasteiger partial charge in [-0.15, -0.1) is 10.2 Å². The molecule has 0 aromatic carbocycles. The highest BCUT2D eigenvalue weighted by Gasteiger charge is 2.33. The summed E-state index contributed by atoms with van der Waals surface area (Å²) in [5.41, 5.74) is 2.39. The minimum atomic E-state index is 0.486. The molecule has 0 radical (unpaired) electrons. The number of nitrogens with one attached hydrogen (secondary N) is 1. The van der Waals surface area contributed by atoms with Crippen LogP contribution in [0.15, 0.2) is 40.6 Å². The third-order valence-electron chi connectivity index (χ3n) is 6.12. The predicted octanol–water partition coefficient (Wildman–Crippen LogP) is 4.28. The lowest BCUT2D eigenvalue weighted by molar-refractivity contribution is 0.218. The summed E-state index contributed by atoms with van der Waals surface area (Å²) in [5, 5.41) is 12.3. The van der Waals surface area contributed by atoms with E-state index < -0.39 is 0 Å². The Morgan fingerprint density at radius 2 is 1.96 bits per heavy atom. The first kappa shape index (κ1) is 18.4. The zero-order valence-electron chi connectivity index (χ0n) is 16.6. The topological polar surface area (TPSA) is 63.8 Å². The molecule has 27 heavy (non-hydrogen) atoms. The molecule has 2 aromatic heterocycles. The lowest BCUT2D eigenvalue weighted by Gasteiger charge is -2.37. The van der Waals surface area contributed by atoms with Gasteiger partial charge in [-0.25, -0.2) is 0 Å². The Morgan fingerprint density at radius 1 is 1.19 bits per heavy atom. The fraction of sp³-hybridized carbons (Fsp3) is 0.591. The Morgan fingerprint density at radius 3 is 2.67 bits per heavy atom. The van der Waals surface area contributed by atoms with Crippen LogP contribution in [-0.4, -0.2) is 27.8 Å². The van der Waals surface area contributed by atoms with E-state index in [0.29, 0.717) is 29.6 Å². The van der Waals surface area contributed by atoms with Gasteiger partial charge in [0.25, 0.3) is 0 Å². The van der Waals surface area contributed by atoms with Crippen molar-refractivity contribution in [3.05, 3.63) is 42.1 Å². The van der Waals surface area contributed by atoms with Crippen LogP contribution < -0.4 is 5.32 Å². The molecular formula is C22H30N4O. The minimum absolute atomic E-state index is 0.486. The van der Waals surface area contributed by atoms with Crippen molar-refractivity contribution in [2.75, 3.05) is 6.54 Å². The summed E-state index contributed by atoms with van der Waals surface area (Å²) in [5.74, 6) is 3.82. The van der Waals surface area contributed by atoms with Crippen LogP contribution in [0.1, 0.15) is 45.9 Å². The molecule has 3 atom stereocenters. The van der Waals surface area contributed by atoms with Crippen LogP contribution in [-0.2, 0) is 6.42 Å². The van der Waals surface area contributed by atoms with Crippen molar-refractivity contribution >= 4 is 0 Å². The molecule has 5 heteroatoms. The third kappa shape index (κ3) is 4.46. The second kappa shape index (κ2) is 7.93. The molecule has 0 aliphatic heterocycles. The average Bonchev–Trinajstić information content (AvgIpc) is 3.38. The molecule has 2 heterocycles. The molecule has 4 rings (SSSR count). The van der Waals surface area contributed by atoms with E-state index in [9.17, 15) is 0 Å². The lowest BCUT2D eigenvalue weighted by Crippen LogP contribution is -2.35. The van der Waals surface area contributed by atoms with Gasteiger partial charge in [0, 0.05) is 37.0 Å². The van der Waals surface area contributed by atoms with Crippen molar-refractivity contribution < 1.29 is 4.42 Å². The van der Waals surface area contributed by atoms with Gasteiger partial charge in [0.15, 0.2) is 0 Å². The van der Waals surface area contributed by atoms with Crippen LogP contribution in [0.4, 0.5) is 0 Å². The van der Waals surface area contributed by atoms with Crippen molar-refractivity contribution in [2.24, 2.45) is 23.7 Å². The van der Waals surface area contributed by atoms with E-state index >= 15 is 0 Å². The molecule has 0 bridgehead atoms. The van der Waals surface area contributed by atoms with Crippen LogP contribution in [0.3, 0.4) is 0 Å². The molecule has 3 unspecified atom stereocenters. The summed E-state index contributed by atoms with van der Waals surface area (Å²) in [6, 6.07) is 4.57. The third-order valence-corrected chi connectivity index (χ3v) is 6.12. The van der Waals surface area contributed by atoms with E-state index in [1.807, 2.05) is 12.1 Å². The summed E-state index contributed by atoms with van der Waals surface area (Å²) < 4.78 is 5.94. The number of pyridine rings is 1. The van der Waals surface area contributed by atoms with Crippen molar-refractivity contribution in [3.8, 4) is 11.5 Å². The van der Waals surface area contributed by atoms with E-state index in [1.165, 1.54) is 24.8 Å². The fourth-order valence-electron chi connectivity index (χ4n) is 4.26. The SMILES string of the molecule is CC1=CC(CNC2CC2)C(C(C)C)CC1Cc1nnc(-c2ccncc2)o1. The van der Waals surface area contributed by atoms with Gasteiger partial charge in [-0.05, 0) is 62.0 Å². The summed E-state index contributed by atoms with van der Waals surface area (Å²) in [6.07, 6.45) is 10.7. The minimum Gasteiger partial charge on any atom is -0.421 e. The highest BCUT2D eigenvalue weighted by atomic mass is 16.4. The molecule has 2 aliphatic carbocycles. The van der Waals surface area contributed by atoms with E-state index in [0.717, 1.165) is 30.5 Å². The Kier molecular flexibility index (Phi) is 5.39. The standard InChI is InChI=1S/C22H30N4O/c1-14(2)20-11-17(15(3)10-18(20)13-24-19-4-5-19)12-21-25-26-22(27-21)16-6-8-23-9-7-16/h6-10,14,17-20,24H,4-5,11-13H2,1-3H3. The van der Waals surface area contributed by atoms with Gasteiger partial charge in [0.2, 0.25) is 11.8 Å². The molecule has 1 saturated carbocycles. The molecular weight excluding hydrogens is 336 g/mol. The second-order valence-electron chi connectivity index (χ2n) is 8.54. The van der Waals surface area contributed by atoms with Crippen molar-refractivity contribution in [1.82, 2.24) is 20.5 Å². The quantitative estimate of drug-likeness (QED) is 0.741. The monoisotopic (exact) mass is 366 g/mol. The number of aromatic nitrogens is 3. The smallest absolute Gasteiger partial charge is 0.247 e. The van der Waals surface area contributed by atoms with Crippen LogP contribution in [0.25, 0.3) is 11.5 Å². The first-order valence-corrected chi connectivity index (χ1v) is 10.2. The van der Waals surface area contributed by atoms with Crippen LogP contribution in [0, 0.1) is 23.7 Å². The Balaban J connectivity index is 1.45. The van der Waals surface area contributed by atoms with Crippen LogP contribution in [0.2, 0.25) is 0 Å². The van der Waals surface area contributed by atoms with E-state index in [1.54, 1.807) is 12.4 Å². The summed E-state index contributed by atoms with van der Waals surface area (Å²) in [7, 11) is 0. The van der Waals surface area contributed by atoms with E-state index in [4.69, 9.17) is 4.42 Å². The van der Waals surface area contributed by atoms with Crippen molar-refractivity contribution in [3.63, 3.8) is 0 Å². The molecule has 1 fully saturated rings. The first-order valence-electron chi connectivity index (χ1n) is 10.2. The van der Waals surface area contributed by atoms with Crippen molar-refractivity contribution in [1.29, 1.82) is 0 Å². The van der Waals surface area contributed by atoms with E-state index in [-0.39, 0.29) is 0 Å². The van der Waals surface area contributed by atoms with Gasteiger partial charge < -0.3 is 9.73 Å².